The average molecular weight is 212 g/mol. The molecule has 2 nitrogen and oxygen atoms in total. The normalized spacial score (nSPS) is 10.6. The van der Waals surface area contributed by atoms with Crippen LogP contribution in [0.25, 0.3) is 0 Å². The summed E-state index contributed by atoms with van der Waals surface area (Å²) in [4.78, 5) is 6.58. The van der Waals surface area contributed by atoms with Crippen LogP contribution in [0.5, 0.6) is 0 Å². The topological polar surface area (TPSA) is 16.1 Å². The molecule has 2 rings (SSSR count). The Labute approximate surface area is 96.6 Å². The van der Waals surface area contributed by atoms with Crippen molar-refractivity contribution in [2.45, 2.75) is 13.1 Å². The highest BCUT2D eigenvalue weighted by Crippen LogP contribution is 2.05. The largest absolute Gasteiger partial charge is 0.296 e. The summed E-state index contributed by atoms with van der Waals surface area (Å²) in [6, 6.07) is 16.5. The molecule has 0 atom stereocenters. The molecule has 0 unspecified atom stereocenters. The predicted octanol–water partition coefficient (Wildman–Crippen LogP) is 2.71. The SMILES string of the molecule is CN(Cc1ccccc1)Cc1ccccn1. The van der Waals surface area contributed by atoms with E-state index in [0.29, 0.717) is 0 Å². The van der Waals surface area contributed by atoms with E-state index in [1.807, 2.05) is 24.4 Å². The molecule has 0 aliphatic heterocycles. The third kappa shape index (κ3) is 3.17. The van der Waals surface area contributed by atoms with Crippen molar-refractivity contribution in [2.75, 3.05) is 7.05 Å². The van der Waals surface area contributed by atoms with Gasteiger partial charge in [-0.05, 0) is 24.7 Å². The summed E-state index contributed by atoms with van der Waals surface area (Å²) in [7, 11) is 2.11. The molecular formula is C14H16N2. The maximum absolute atomic E-state index is 4.32. The van der Waals surface area contributed by atoms with E-state index in [2.05, 4.69) is 47.3 Å². The lowest BCUT2D eigenvalue weighted by molar-refractivity contribution is 0.315. The Morgan fingerprint density at radius 1 is 0.938 bits per heavy atom. The lowest BCUT2D eigenvalue weighted by atomic mass is 10.2. The van der Waals surface area contributed by atoms with Gasteiger partial charge in [-0.25, -0.2) is 0 Å². The Morgan fingerprint density at radius 3 is 2.38 bits per heavy atom. The lowest BCUT2D eigenvalue weighted by Crippen LogP contribution is -2.17. The fourth-order valence-corrected chi connectivity index (χ4v) is 1.72. The molecule has 1 aromatic heterocycles. The molecule has 0 fully saturated rings. The quantitative estimate of drug-likeness (QED) is 0.774. The summed E-state index contributed by atoms with van der Waals surface area (Å²) >= 11 is 0. The van der Waals surface area contributed by atoms with Gasteiger partial charge < -0.3 is 0 Å². The Morgan fingerprint density at radius 2 is 1.69 bits per heavy atom. The minimum absolute atomic E-state index is 0.885. The van der Waals surface area contributed by atoms with Crippen LogP contribution in [0.4, 0.5) is 0 Å². The van der Waals surface area contributed by atoms with Crippen molar-refractivity contribution in [3.05, 3.63) is 66.0 Å². The first kappa shape index (κ1) is 10.8. The zero-order valence-electron chi connectivity index (χ0n) is 9.50. The highest BCUT2D eigenvalue weighted by atomic mass is 15.1. The summed E-state index contributed by atoms with van der Waals surface area (Å²) in [6.07, 6.45) is 1.84. The van der Waals surface area contributed by atoms with E-state index in [-0.39, 0.29) is 0 Å². The van der Waals surface area contributed by atoms with Crippen molar-refractivity contribution in [1.29, 1.82) is 0 Å². The van der Waals surface area contributed by atoms with Crippen molar-refractivity contribution >= 4 is 0 Å². The minimum atomic E-state index is 0.885. The van der Waals surface area contributed by atoms with Crippen LogP contribution in [0.3, 0.4) is 0 Å². The standard InChI is InChI=1S/C14H16N2/c1-16(11-13-7-3-2-4-8-13)12-14-9-5-6-10-15-14/h2-10H,11-12H2,1H3. The molecule has 82 valence electrons. The van der Waals surface area contributed by atoms with Crippen molar-refractivity contribution in [1.82, 2.24) is 9.88 Å². The van der Waals surface area contributed by atoms with Crippen LogP contribution < -0.4 is 0 Å². The second-order valence-corrected chi connectivity index (χ2v) is 3.98. The third-order valence-corrected chi connectivity index (χ3v) is 2.45. The van der Waals surface area contributed by atoms with Crippen LogP contribution in [0.2, 0.25) is 0 Å². The van der Waals surface area contributed by atoms with Gasteiger partial charge in [-0.1, -0.05) is 36.4 Å². The molecule has 0 spiro atoms. The van der Waals surface area contributed by atoms with Crippen LogP contribution in [0.15, 0.2) is 54.7 Å². The Bertz CT molecular complexity index is 370. The van der Waals surface area contributed by atoms with Gasteiger partial charge in [0.2, 0.25) is 0 Å². The van der Waals surface area contributed by atoms with Gasteiger partial charge in [-0.15, -0.1) is 0 Å². The van der Waals surface area contributed by atoms with Crippen molar-refractivity contribution in [2.24, 2.45) is 0 Å². The number of rotatable bonds is 4. The van der Waals surface area contributed by atoms with Crippen LogP contribution >= 0.6 is 0 Å². The number of benzene rings is 1. The first-order chi connectivity index (χ1) is 7.84. The summed E-state index contributed by atoms with van der Waals surface area (Å²) in [5.74, 6) is 0. The highest BCUT2D eigenvalue weighted by Gasteiger charge is 2.01. The van der Waals surface area contributed by atoms with E-state index in [1.54, 1.807) is 0 Å². The zero-order chi connectivity index (χ0) is 11.2. The summed E-state index contributed by atoms with van der Waals surface area (Å²) in [5, 5.41) is 0. The summed E-state index contributed by atoms with van der Waals surface area (Å²) in [5.41, 5.74) is 2.45. The molecule has 0 saturated carbocycles. The van der Waals surface area contributed by atoms with E-state index >= 15 is 0 Å². The smallest absolute Gasteiger partial charge is 0.0543 e. The van der Waals surface area contributed by atoms with Gasteiger partial charge >= 0.3 is 0 Å². The van der Waals surface area contributed by atoms with Crippen LogP contribution in [0, 0.1) is 0 Å². The maximum Gasteiger partial charge on any atom is 0.0543 e. The van der Waals surface area contributed by atoms with Gasteiger partial charge in [0.25, 0.3) is 0 Å². The van der Waals surface area contributed by atoms with Gasteiger partial charge in [0, 0.05) is 19.3 Å². The van der Waals surface area contributed by atoms with E-state index in [9.17, 15) is 0 Å². The van der Waals surface area contributed by atoms with Crippen molar-refractivity contribution in [3.8, 4) is 0 Å². The molecule has 1 heterocycles. The van der Waals surface area contributed by atoms with Gasteiger partial charge in [-0.2, -0.15) is 0 Å². The first-order valence-corrected chi connectivity index (χ1v) is 5.47. The number of aromatic nitrogens is 1. The fraction of sp³-hybridized carbons (Fsp3) is 0.214. The fourth-order valence-electron chi connectivity index (χ4n) is 1.72. The zero-order valence-corrected chi connectivity index (χ0v) is 9.50. The molecule has 16 heavy (non-hydrogen) atoms. The molecule has 0 N–H and O–H groups in total. The first-order valence-electron chi connectivity index (χ1n) is 5.47. The van der Waals surface area contributed by atoms with Gasteiger partial charge in [0.05, 0.1) is 5.69 Å². The maximum atomic E-state index is 4.32. The van der Waals surface area contributed by atoms with Crippen molar-refractivity contribution in [3.63, 3.8) is 0 Å². The molecule has 0 saturated heterocycles. The lowest BCUT2D eigenvalue weighted by Gasteiger charge is -2.15. The Kier molecular flexibility index (Phi) is 3.67. The van der Waals surface area contributed by atoms with Crippen LogP contribution in [0.1, 0.15) is 11.3 Å². The number of nitrogens with zero attached hydrogens (tertiary/aromatic N) is 2. The number of hydrogen-bond acceptors (Lipinski definition) is 2. The van der Waals surface area contributed by atoms with Crippen LogP contribution in [-0.4, -0.2) is 16.9 Å². The van der Waals surface area contributed by atoms with E-state index in [1.165, 1.54) is 5.56 Å². The average Bonchev–Trinajstić information content (AvgIpc) is 2.31. The van der Waals surface area contributed by atoms with E-state index < -0.39 is 0 Å². The molecule has 1 aromatic carbocycles. The molecule has 2 aromatic rings. The number of hydrogen-bond donors (Lipinski definition) is 0. The van der Waals surface area contributed by atoms with Gasteiger partial charge in [0.15, 0.2) is 0 Å². The second kappa shape index (κ2) is 5.42. The molecule has 0 bridgehead atoms. The molecule has 0 radical (unpaired) electrons. The summed E-state index contributed by atoms with van der Waals surface area (Å²) in [6.45, 7) is 1.84. The van der Waals surface area contributed by atoms with Gasteiger partial charge in [-0.3, -0.25) is 9.88 Å². The molecule has 0 aliphatic rings. The molecular weight excluding hydrogens is 196 g/mol. The highest BCUT2D eigenvalue weighted by molar-refractivity contribution is 5.14. The molecule has 0 aliphatic carbocycles. The number of pyridine rings is 1. The van der Waals surface area contributed by atoms with Crippen LogP contribution in [-0.2, 0) is 13.1 Å². The molecule has 2 heteroatoms. The Balaban J connectivity index is 1.92. The third-order valence-electron chi connectivity index (χ3n) is 2.45. The van der Waals surface area contributed by atoms with E-state index in [0.717, 1.165) is 18.8 Å². The molecule has 0 amide bonds. The Hall–Kier alpha value is -1.67. The second-order valence-electron chi connectivity index (χ2n) is 3.98. The monoisotopic (exact) mass is 212 g/mol. The minimum Gasteiger partial charge on any atom is -0.296 e. The van der Waals surface area contributed by atoms with Gasteiger partial charge in [0.1, 0.15) is 0 Å². The van der Waals surface area contributed by atoms with Crippen molar-refractivity contribution < 1.29 is 0 Å². The van der Waals surface area contributed by atoms with E-state index in [4.69, 9.17) is 0 Å². The predicted molar refractivity (Wildman–Crippen MR) is 65.9 cm³/mol. The summed E-state index contributed by atoms with van der Waals surface area (Å²) < 4.78 is 0.